The molecule has 0 aliphatic carbocycles. The molecule has 0 radical (unpaired) electrons. The number of ether oxygens (including phenoxy) is 3. The van der Waals surface area contributed by atoms with Crippen molar-refractivity contribution < 1.29 is 38.8 Å². The molecule has 0 saturated carbocycles. The van der Waals surface area contributed by atoms with Crippen molar-refractivity contribution in [3.63, 3.8) is 0 Å². The lowest BCUT2D eigenvalue weighted by atomic mass is 9.78. The fourth-order valence-corrected chi connectivity index (χ4v) is 5.87. The van der Waals surface area contributed by atoms with Gasteiger partial charge < -0.3 is 24.4 Å². The van der Waals surface area contributed by atoms with Crippen molar-refractivity contribution in [2.45, 2.75) is 137 Å². The maximum atomic E-state index is 12.8. The van der Waals surface area contributed by atoms with E-state index in [0.717, 1.165) is 33.4 Å². The van der Waals surface area contributed by atoms with Gasteiger partial charge in [0.25, 0.3) is 0 Å². The van der Waals surface area contributed by atoms with Crippen LogP contribution in [0.1, 0.15) is 136 Å². The third-order valence-corrected chi connectivity index (χ3v) is 9.01. The minimum absolute atomic E-state index is 0.122. The number of aromatic hydroxyl groups is 2. The first kappa shape index (κ1) is 43.6. The number of methoxy groups -OCH3 is 1. The number of esters is 3. The van der Waals surface area contributed by atoms with Gasteiger partial charge in [-0.25, -0.2) is 0 Å². The predicted octanol–water partition coefficient (Wildman–Crippen LogP) is 7.80. The molecule has 286 valence electrons. The van der Waals surface area contributed by atoms with Crippen molar-refractivity contribution in [1.82, 2.24) is 4.90 Å². The summed E-state index contributed by atoms with van der Waals surface area (Å²) in [6.07, 6.45) is 1.48. The number of carbonyl (C=O) groups is 3. The molecule has 0 bridgehead atoms. The summed E-state index contributed by atoms with van der Waals surface area (Å²) in [7, 11) is 1.34. The molecule has 9 nitrogen and oxygen atoms in total. The Morgan fingerprint density at radius 2 is 0.843 bits per heavy atom. The maximum Gasteiger partial charge on any atom is 0.306 e. The van der Waals surface area contributed by atoms with E-state index in [4.69, 9.17) is 14.2 Å². The highest BCUT2D eigenvalue weighted by atomic mass is 16.5. The Hall–Kier alpha value is -3.59. The molecule has 0 atom stereocenters. The second kappa shape index (κ2) is 17.8. The topological polar surface area (TPSA) is 123 Å². The van der Waals surface area contributed by atoms with Gasteiger partial charge in [0.1, 0.15) is 24.7 Å². The number of hydrogen-bond acceptors (Lipinski definition) is 9. The van der Waals surface area contributed by atoms with E-state index in [1.807, 2.05) is 29.2 Å². The van der Waals surface area contributed by atoms with Gasteiger partial charge in [0.15, 0.2) is 0 Å². The molecule has 0 aromatic heterocycles. The van der Waals surface area contributed by atoms with Crippen LogP contribution in [-0.2, 0) is 63.1 Å². The van der Waals surface area contributed by atoms with Gasteiger partial charge in [-0.1, -0.05) is 107 Å². The minimum atomic E-state index is -0.356. The van der Waals surface area contributed by atoms with Crippen LogP contribution < -0.4 is 0 Å². The van der Waals surface area contributed by atoms with E-state index in [2.05, 4.69) is 83.1 Å². The highest BCUT2D eigenvalue weighted by Gasteiger charge is 2.28. The number of benzene rings is 2. The summed E-state index contributed by atoms with van der Waals surface area (Å²) in [6.45, 7) is 26.0. The van der Waals surface area contributed by atoms with Crippen LogP contribution in [0.5, 0.6) is 11.5 Å². The summed E-state index contributed by atoms with van der Waals surface area (Å²) in [5, 5.41) is 22.0. The first-order valence-corrected chi connectivity index (χ1v) is 18.2. The molecule has 0 fully saturated rings. The largest absolute Gasteiger partial charge is 0.507 e. The zero-order chi connectivity index (χ0) is 38.9. The van der Waals surface area contributed by atoms with Crippen molar-refractivity contribution in [3.8, 4) is 11.5 Å². The van der Waals surface area contributed by atoms with Crippen molar-refractivity contribution in [3.05, 3.63) is 57.6 Å². The molecule has 0 saturated heterocycles. The van der Waals surface area contributed by atoms with Crippen LogP contribution in [-0.4, -0.2) is 73.0 Å². The van der Waals surface area contributed by atoms with Crippen LogP contribution in [0.25, 0.3) is 0 Å². The van der Waals surface area contributed by atoms with Crippen molar-refractivity contribution in [2.24, 2.45) is 0 Å². The predicted molar refractivity (Wildman–Crippen MR) is 203 cm³/mol. The van der Waals surface area contributed by atoms with Crippen LogP contribution in [0.15, 0.2) is 24.3 Å². The van der Waals surface area contributed by atoms with E-state index in [-0.39, 0.29) is 72.0 Å². The molecule has 0 amide bonds. The quantitative estimate of drug-likeness (QED) is 0.141. The van der Waals surface area contributed by atoms with E-state index in [0.29, 0.717) is 44.0 Å². The number of phenols is 2. The molecular weight excluding hydrogens is 646 g/mol. The number of hydrogen-bond donors (Lipinski definition) is 2. The fraction of sp³-hybridized carbons (Fsp3) is 0.643. The van der Waals surface area contributed by atoms with Gasteiger partial charge in [-0.2, -0.15) is 0 Å². The van der Waals surface area contributed by atoms with Crippen molar-refractivity contribution in [1.29, 1.82) is 0 Å². The first-order valence-electron chi connectivity index (χ1n) is 18.2. The number of nitrogens with zero attached hydrogens (tertiary/aromatic N) is 1. The average Bonchev–Trinajstić information content (AvgIpc) is 2.99. The molecule has 9 heteroatoms. The second-order valence-electron chi connectivity index (χ2n) is 17.7. The van der Waals surface area contributed by atoms with Gasteiger partial charge in [0.05, 0.1) is 13.5 Å². The molecule has 0 heterocycles. The molecule has 0 aliphatic rings. The Labute approximate surface area is 307 Å². The van der Waals surface area contributed by atoms with Crippen LogP contribution in [0.2, 0.25) is 0 Å². The summed E-state index contributed by atoms with van der Waals surface area (Å²) >= 11 is 0. The summed E-state index contributed by atoms with van der Waals surface area (Å²) < 4.78 is 15.9. The van der Waals surface area contributed by atoms with Gasteiger partial charge >= 0.3 is 17.9 Å². The van der Waals surface area contributed by atoms with Gasteiger partial charge in [-0.05, 0) is 67.9 Å². The standard InChI is InChI=1S/C42H65NO8/c1-39(2,3)30-24-28(25-31(37(30)47)40(4,5)6)14-16-35(45)50-22-20-43(19-18-34(44)49-13)21-23-51-36(46)17-15-29-26-32(41(7,8)9)38(48)33(27-29)42(10,11)12/h24-27,47-48H,14-23H2,1-13H3. The normalized spacial score (nSPS) is 12.6. The van der Waals surface area contributed by atoms with Gasteiger partial charge in [0, 0.05) is 32.5 Å². The Kier molecular flexibility index (Phi) is 15.2. The molecule has 0 spiro atoms. The Bertz CT molecular complexity index is 1330. The van der Waals surface area contributed by atoms with Crippen LogP contribution in [0.4, 0.5) is 0 Å². The maximum absolute atomic E-state index is 12.8. The van der Waals surface area contributed by atoms with Crippen molar-refractivity contribution >= 4 is 17.9 Å². The van der Waals surface area contributed by atoms with E-state index in [1.165, 1.54) is 7.11 Å². The molecule has 0 aliphatic heterocycles. The zero-order valence-corrected chi connectivity index (χ0v) is 33.7. The third kappa shape index (κ3) is 13.8. The Morgan fingerprint density at radius 3 is 1.12 bits per heavy atom. The van der Waals surface area contributed by atoms with Gasteiger partial charge in [0.2, 0.25) is 0 Å². The Balaban J connectivity index is 1.97. The summed E-state index contributed by atoms with van der Waals surface area (Å²) in [4.78, 5) is 39.3. The molecule has 2 rings (SSSR count). The van der Waals surface area contributed by atoms with Gasteiger partial charge in [-0.15, -0.1) is 0 Å². The van der Waals surface area contributed by atoms with E-state index >= 15 is 0 Å². The Morgan fingerprint density at radius 1 is 0.529 bits per heavy atom. The van der Waals surface area contributed by atoms with Crippen LogP contribution in [0, 0.1) is 0 Å². The molecule has 2 N–H and O–H groups in total. The first-order chi connectivity index (χ1) is 23.3. The molecule has 2 aromatic rings. The third-order valence-electron chi connectivity index (χ3n) is 9.01. The smallest absolute Gasteiger partial charge is 0.306 e. The highest BCUT2D eigenvalue weighted by molar-refractivity contribution is 5.70. The van der Waals surface area contributed by atoms with Crippen molar-refractivity contribution in [2.75, 3.05) is 40.0 Å². The van der Waals surface area contributed by atoms with Crippen LogP contribution >= 0.6 is 0 Å². The molecule has 0 unspecified atom stereocenters. The summed E-state index contributed by atoms with van der Waals surface area (Å²) in [5.41, 5.74) is 4.29. The number of carbonyl (C=O) groups excluding carboxylic acids is 3. The summed E-state index contributed by atoms with van der Waals surface area (Å²) in [6, 6.07) is 7.91. The minimum Gasteiger partial charge on any atom is -0.507 e. The lowest BCUT2D eigenvalue weighted by molar-refractivity contribution is -0.146. The molecule has 2 aromatic carbocycles. The van der Waals surface area contributed by atoms with Crippen LogP contribution in [0.3, 0.4) is 0 Å². The summed E-state index contributed by atoms with van der Waals surface area (Å²) in [5.74, 6) is -0.419. The highest BCUT2D eigenvalue weighted by Crippen LogP contribution is 2.41. The second-order valence-corrected chi connectivity index (χ2v) is 17.7. The van der Waals surface area contributed by atoms with E-state index in [1.54, 1.807) is 0 Å². The molecule has 51 heavy (non-hydrogen) atoms. The lowest BCUT2D eigenvalue weighted by Crippen LogP contribution is -2.34. The SMILES string of the molecule is COC(=O)CCN(CCOC(=O)CCc1cc(C(C)(C)C)c(O)c(C(C)(C)C)c1)CCOC(=O)CCc1cc(C(C)(C)C)c(O)c(C(C)(C)C)c1. The van der Waals surface area contributed by atoms with E-state index in [9.17, 15) is 24.6 Å². The monoisotopic (exact) mass is 711 g/mol. The number of aryl methyl sites for hydroxylation is 2. The molecular formula is C42H65NO8. The number of phenolic OH excluding ortho intramolecular Hbond substituents is 2. The average molecular weight is 712 g/mol. The fourth-order valence-electron chi connectivity index (χ4n) is 5.87. The lowest BCUT2D eigenvalue weighted by Gasteiger charge is -2.28. The zero-order valence-electron chi connectivity index (χ0n) is 33.7. The van der Waals surface area contributed by atoms with Gasteiger partial charge in [-0.3, -0.25) is 19.3 Å². The number of rotatable bonds is 15. The van der Waals surface area contributed by atoms with E-state index < -0.39 is 0 Å².